The minimum atomic E-state index is -0.326. The van der Waals surface area contributed by atoms with Gasteiger partial charge in [-0.3, -0.25) is 14.9 Å². The van der Waals surface area contributed by atoms with Crippen molar-refractivity contribution in [3.8, 4) is 11.3 Å². The molecule has 0 bridgehead atoms. The highest BCUT2D eigenvalue weighted by Crippen LogP contribution is 2.25. The van der Waals surface area contributed by atoms with Gasteiger partial charge < -0.3 is 0 Å². The highest BCUT2D eigenvalue weighted by atomic mass is 19.1. The third-order valence-electron chi connectivity index (χ3n) is 4.51. The lowest BCUT2D eigenvalue weighted by atomic mass is 10.0. The number of nitrogens with zero attached hydrogens (tertiary/aromatic N) is 3. The highest BCUT2D eigenvalue weighted by Gasteiger charge is 2.19. The average Bonchev–Trinajstić information content (AvgIpc) is 2.97. The van der Waals surface area contributed by atoms with Crippen molar-refractivity contribution in [2.24, 2.45) is 0 Å². The van der Waals surface area contributed by atoms with Crippen LogP contribution in [-0.4, -0.2) is 19.6 Å². The Morgan fingerprint density at radius 2 is 1.88 bits per heavy atom. The lowest BCUT2D eigenvalue weighted by Gasteiger charge is -2.07. The van der Waals surface area contributed by atoms with Crippen LogP contribution in [0.1, 0.15) is 22.5 Å². The summed E-state index contributed by atoms with van der Waals surface area (Å²) in [5.41, 5.74) is 4.19. The van der Waals surface area contributed by atoms with E-state index in [4.69, 9.17) is 0 Å². The molecule has 0 fully saturated rings. The second kappa shape index (κ2) is 6.22. The molecule has 0 saturated carbocycles. The first-order chi connectivity index (χ1) is 12.6. The maximum Gasteiger partial charge on any atom is 0.276 e. The molecule has 1 aromatic carbocycles. The molecule has 0 aliphatic rings. The number of aryl methyl sites for hydroxylation is 2. The summed E-state index contributed by atoms with van der Waals surface area (Å²) in [6.07, 6.45) is 1.90. The van der Waals surface area contributed by atoms with Gasteiger partial charge in [0, 0.05) is 29.6 Å². The van der Waals surface area contributed by atoms with Crippen molar-refractivity contribution in [1.82, 2.24) is 19.6 Å². The van der Waals surface area contributed by atoms with E-state index in [0.29, 0.717) is 22.5 Å². The summed E-state index contributed by atoms with van der Waals surface area (Å²) in [4.78, 5) is 22.0. The summed E-state index contributed by atoms with van der Waals surface area (Å²) in [6.45, 7) is 3.66. The van der Waals surface area contributed by atoms with Gasteiger partial charge in [0.2, 0.25) is 0 Å². The minimum Gasteiger partial charge on any atom is -0.293 e. The van der Waals surface area contributed by atoms with Crippen LogP contribution < -0.4 is 5.56 Å². The van der Waals surface area contributed by atoms with Crippen molar-refractivity contribution in [3.05, 3.63) is 87.3 Å². The fraction of sp³-hybridized carbons (Fsp3) is 0.150. The highest BCUT2D eigenvalue weighted by molar-refractivity contribution is 5.77. The van der Waals surface area contributed by atoms with Gasteiger partial charge in [0.1, 0.15) is 5.82 Å². The van der Waals surface area contributed by atoms with Crippen molar-refractivity contribution < 1.29 is 4.39 Å². The third-order valence-corrected chi connectivity index (χ3v) is 4.51. The minimum absolute atomic E-state index is 0.199. The Balaban J connectivity index is 1.91. The first-order valence-corrected chi connectivity index (χ1v) is 8.32. The Kier molecular flexibility index (Phi) is 3.88. The van der Waals surface area contributed by atoms with Gasteiger partial charge in [0.05, 0.1) is 11.3 Å². The van der Waals surface area contributed by atoms with Crippen molar-refractivity contribution in [2.75, 3.05) is 0 Å². The summed E-state index contributed by atoms with van der Waals surface area (Å²) in [5.74, 6) is -0.326. The lowest BCUT2D eigenvalue weighted by Crippen LogP contribution is -2.22. The fourth-order valence-electron chi connectivity index (χ4n) is 3.18. The Labute approximate surface area is 149 Å². The summed E-state index contributed by atoms with van der Waals surface area (Å²) in [7, 11) is 0. The van der Waals surface area contributed by atoms with Crippen molar-refractivity contribution in [3.63, 3.8) is 0 Å². The Morgan fingerprint density at radius 3 is 2.62 bits per heavy atom. The van der Waals surface area contributed by atoms with Gasteiger partial charge in [-0.15, -0.1) is 0 Å². The zero-order valence-corrected chi connectivity index (χ0v) is 14.5. The van der Waals surface area contributed by atoms with E-state index in [9.17, 15) is 9.18 Å². The Hall–Kier alpha value is -3.28. The van der Waals surface area contributed by atoms with E-state index in [2.05, 4.69) is 15.1 Å². The lowest BCUT2D eigenvalue weighted by molar-refractivity contribution is 0.613. The summed E-state index contributed by atoms with van der Waals surface area (Å²) in [6, 6.07) is 12.1. The predicted octanol–water partition coefficient (Wildman–Crippen LogP) is 3.43. The van der Waals surface area contributed by atoms with Gasteiger partial charge in [0.25, 0.3) is 5.56 Å². The van der Waals surface area contributed by atoms with Crippen LogP contribution >= 0.6 is 0 Å². The van der Waals surface area contributed by atoms with E-state index >= 15 is 0 Å². The van der Waals surface area contributed by atoms with E-state index in [1.165, 1.54) is 10.6 Å². The molecule has 4 rings (SSSR count). The summed E-state index contributed by atoms with van der Waals surface area (Å²) < 4.78 is 15.4. The van der Waals surface area contributed by atoms with E-state index < -0.39 is 0 Å². The van der Waals surface area contributed by atoms with Gasteiger partial charge >= 0.3 is 0 Å². The molecular weight excluding hydrogens is 331 g/mol. The zero-order chi connectivity index (χ0) is 18.3. The molecule has 0 atom stereocenters. The number of benzene rings is 1. The van der Waals surface area contributed by atoms with Gasteiger partial charge in [-0.2, -0.15) is 0 Å². The number of aromatic amines is 1. The molecule has 0 unspecified atom stereocenters. The van der Waals surface area contributed by atoms with E-state index in [1.807, 2.05) is 25.1 Å². The van der Waals surface area contributed by atoms with Crippen molar-refractivity contribution in [2.45, 2.75) is 20.3 Å². The standard InChI is InChI=1S/C20H17FN4O/c1-12-15(11-14-7-3-4-8-16(14)21)20(26)25-19(23-12)18(13(2)24-25)17-9-5-6-10-22-17/h3-10,24H,11H2,1-2H3. The SMILES string of the molecule is Cc1nc2c(-c3ccccn3)c(C)[nH]n2c(=O)c1Cc1ccccc1F. The fourth-order valence-corrected chi connectivity index (χ4v) is 3.18. The molecule has 0 radical (unpaired) electrons. The van der Waals surface area contributed by atoms with Crippen LogP contribution in [0.5, 0.6) is 0 Å². The quantitative estimate of drug-likeness (QED) is 0.617. The van der Waals surface area contributed by atoms with Crippen molar-refractivity contribution >= 4 is 5.65 Å². The smallest absolute Gasteiger partial charge is 0.276 e. The van der Waals surface area contributed by atoms with Gasteiger partial charge in [0.15, 0.2) is 5.65 Å². The number of aromatic nitrogens is 4. The number of halogens is 1. The number of rotatable bonds is 3. The number of fused-ring (bicyclic) bond motifs is 1. The van der Waals surface area contributed by atoms with Crippen LogP contribution in [0.15, 0.2) is 53.5 Å². The van der Waals surface area contributed by atoms with Gasteiger partial charge in [-0.25, -0.2) is 13.9 Å². The molecule has 5 nitrogen and oxygen atoms in total. The molecule has 6 heteroatoms. The Bertz CT molecular complexity index is 1160. The molecule has 3 heterocycles. The molecular formula is C20H17FN4O. The molecule has 26 heavy (non-hydrogen) atoms. The van der Waals surface area contributed by atoms with Gasteiger partial charge in [-0.05, 0) is 37.6 Å². The van der Waals surface area contributed by atoms with Crippen LogP contribution in [0.4, 0.5) is 4.39 Å². The first-order valence-electron chi connectivity index (χ1n) is 8.32. The van der Waals surface area contributed by atoms with Crippen LogP contribution in [0.2, 0.25) is 0 Å². The number of nitrogens with one attached hydrogen (secondary N) is 1. The van der Waals surface area contributed by atoms with Crippen molar-refractivity contribution in [1.29, 1.82) is 0 Å². The monoisotopic (exact) mass is 348 g/mol. The molecule has 0 amide bonds. The third kappa shape index (κ3) is 2.60. The molecule has 0 aliphatic heterocycles. The zero-order valence-electron chi connectivity index (χ0n) is 14.5. The van der Waals surface area contributed by atoms with E-state index in [-0.39, 0.29) is 17.8 Å². The second-order valence-electron chi connectivity index (χ2n) is 6.23. The molecule has 1 N–H and O–H groups in total. The predicted molar refractivity (Wildman–Crippen MR) is 97.7 cm³/mol. The normalized spacial score (nSPS) is 11.2. The molecule has 4 aromatic rings. The largest absolute Gasteiger partial charge is 0.293 e. The molecule has 130 valence electrons. The summed E-state index contributed by atoms with van der Waals surface area (Å²) in [5, 5.41) is 3.07. The molecule has 3 aromatic heterocycles. The van der Waals surface area contributed by atoms with E-state index in [1.54, 1.807) is 31.3 Å². The van der Waals surface area contributed by atoms with Crippen LogP contribution in [-0.2, 0) is 6.42 Å². The second-order valence-corrected chi connectivity index (χ2v) is 6.23. The number of hydrogen-bond acceptors (Lipinski definition) is 3. The Morgan fingerprint density at radius 1 is 1.12 bits per heavy atom. The molecule has 0 saturated heterocycles. The van der Waals surface area contributed by atoms with Crippen LogP contribution in [0, 0.1) is 19.7 Å². The van der Waals surface area contributed by atoms with Crippen LogP contribution in [0.3, 0.4) is 0 Å². The molecule has 0 spiro atoms. The van der Waals surface area contributed by atoms with Crippen LogP contribution in [0.25, 0.3) is 16.9 Å². The number of hydrogen-bond donors (Lipinski definition) is 1. The van der Waals surface area contributed by atoms with E-state index in [0.717, 1.165) is 17.0 Å². The first kappa shape index (κ1) is 16.2. The number of pyridine rings is 1. The van der Waals surface area contributed by atoms with Gasteiger partial charge in [-0.1, -0.05) is 24.3 Å². The maximum atomic E-state index is 14.0. The average molecular weight is 348 g/mol. The number of H-pyrrole nitrogens is 1. The molecule has 0 aliphatic carbocycles. The topological polar surface area (TPSA) is 63.1 Å². The summed E-state index contributed by atoms with van der Waals surface area (Å²) >= 11 is 0. The maximum absolute atomic E-state index is 14.0.